The number of ether oxygens (including phenoxy) is 3. The molecule has 1 saturated heterocycles. The maximum atomic E-state index is 13.2. The summed E-state index contributed by atoms with van der Waals surface area (Å²) >= 11 is 0. The lowest BCUT2D eigenvalue weighted by Gasteiger charge is -2.40. The average molecular weight is 358 g/mol. The summed E-state index contributed by atoms with van der Waals surface area (Å²) in [5.41, 5.74) is 3.24. The zero-order chi connectivity index (χ0) is 18.7. The van der Waals surface area contributed by atoms with E-state index in [1.165, 1.54) is 0 Å². The van der Waals surface area contributed by atoms with E-state index in [0.29, 0.717) is 37.4 Å². The lowest BCUT2D eigenvalue weighted by molar-refractivity contribution is -0.119. The molecule has 0 N–H and O–H groups in total. The zero-order valence-electron chi connectivity index (χ0n) is 15.7. The molecular weight excluding hydrogens is 332 g/mol. The Morgan fingerprint density at radius 2 is 1.92 bits per heavy atom. The summed E-state index contributed by atoms with van der Waals surface area (Å²) in [7, 11) is 0. The molecule has 5 heteroatoms. The molecule has 1 fully saturated rings. The Bertz CT molecular complexity index is 741. The van der Waals surface area contributed by atoms with Gasteiger partial charge >= 0.3 is 6.16 Å². The summed E-state index contributed by atoms with van der Waals surface area (Å²) in [6.45, 7) is 7.20. The van der Waals surface area contributed by atoms with E-state index in [0.717, 1.165) is 29.5 Å². The van der Waals surface area contributed by atoms with Gasteiger partial charge < -0.3 is 14.2 Å². The number of rotatable bonds is 3. The number of allylic oxidation sites excluding steroid dienone is 2. The number of aryl methyl sites for hydroxylation is 2. The summed E-state index contributed by atoms with van der Waals surface area (Å²) in [6.07, 6.45) is 1.88. The molecule has 2 aliphatic rings. The van der Waals surface area contributed by atoms with E-state index in [1.807, 2.05) is 32.0 Å². The van der Waals surface area contributed by atoms with E-state index in [9.17, 15) is 9.59 Å². The molecular formula is C21H26O5. The van der Waals surface area contributed by atoms with Crippen LogP contribution in [-0.4, -0.2) is 31.8 Å². The van der Waals surface area contributed by atoms with Crippen LogP contribution in [-0.2, 0) is 19.0 Å². The van der Waals surface area contributed by atoms with Crippen LogP contribution in [0.3, 0.4) is 0 Å². The molecule has 140 valence electrons. The van der Waals surface area contributed by atoms with Crippen LogP contribution >= 0.6 is 0 Å². The molecule has 1 spiro atoms. The summed E-state index contributed by atoms with van der Waals surface area (Å²) in [4.78, 5) is 25.2. The monoisotopic (exact) mass is 358 g/mol. The maximum absolute atomic E-state index is 13.2. The fraction of sp³-hybridized carbons (Fsp3) is 0.524. The van der Waals surface area contributed by atoms with Crippen LogP contribution in [0.1, 0.15) is 49.3 Å². The number of Topliss-reactive ketones (excluding diaryl/α,β-unsaturated/α-hetero) is 1. The Morgan fingerprint density at radius 3 is 2.62 bits per heavy atom. The third-order valence-corrected chi connectivity index (χ3v) is 5.31. The number of carbonyl (C=O) groups is 2. The van der Waals surface area contributed by atoms with Gasteiger partial charge in [0.1, 0.15) is 5.76 Å². The van der Waals surface area contributed by atoms with Gasteiger partial charge in [0.25, 0.3) is 0 Å². The average Bonchev–Trinajstić information content (AvgIpc) is 2.58. The van der Waals surface area contributed by atoms with Gasteiger partial charge in [-0.2, -0.15) is 0 Å². The van der Waals surface area contributed by atoms with E-state index in [2.05, 4.69) is 0 Å². The molecule has 1 aromatic rings. The SMILES string of the molecule is CCOC(=O)OC1=C(c2cc(C)ccc2C)C(=O)CC2(CCOCC2)C1. The summed E-state index contributed by atoms with van der Waals surface area (Å²) in [6, 6.07) is 5.99. The Morgan fingerprint density at radius 1 is 1.19 bits per heavy atom. The van der Waals surface area contributed by atoms with E-state index in [4.69, 9.17) is 14.2 Å². The van der Waals surface area contributed by atoms with Crippen LogP contribution in [0.2, 0.25) is 0 Å². The van der Waals surface area contributed by atoms with Crippen LogP contribution < -0.4 is 0 Å². The van der Waals surface area contributed by atoms with Gasteiger partial charge in [0.05, 0.1) is 12.2 Å². The third-order valence-electron chi connectivity index (χ3n) is 5.31. The fourth-order valence-corrected chi connectivity index (χ4v) is 3.87. The Hall–Kier alpha value is -2.14. The molecule has 1 aliphatic heterocycles. The Labute approximate surface area is 154 Å². The maximum Gasteiger partial charge on any atom is 0.513 e. The molecule has 0 unspecified atom stereocenters. The second kappa shape index (κ2) is 7.62. The summed E-state index contributed by atoms with van der Waals surface area (Å²) in [5.74, 6) is 0.474. The molecule has 3 rings (SSSR count). The first-order valence-electron chi connectivity index (χ1n) is 9.20. The quantitative estimate of drug-likeness (QED) is 0.752. The highest BCUT2D eigenvalue weighted by atomic mass is 16.7. The molecule has 0 radical (unpaired) electrons. The van der Waals surface area contributed by atoms with Gasteiger partial charge in [0, 0.05) is 26.1 Å². The van der Waals surface area contributed by atoms with Crippen molar-refractivity contribution in [2.75, 3.05) is 19.8 Å². The van der Waals surface area contributed by atoms with Crippen molar-refractivity contribution < 1.29 is 23.8 Å². The van der Waals surface area contributed by atoms with Crippen LogP contribution in [0, 0.1) is 19.3 Å². The van der Waals surface area contributed by atoms with Gasteiger partial charge in [-0.3, -0.25) is 4.79 Å². The minimum Gasteiger partial charge on any atom is -0.434 e. The van der Waals surface area contributed by atoms with Crippen molar-refractivity contribution >= 4 is 17.5 Å². The van der Waals surface area contributed by atoms with Crippen molar-refractivity contribution in [2.45, 2.75) is 46.5 Å². The molecule has 0 amide bonds. The third kappa shape index (κ3) is 3.83. The van der Waals surface area contributed by atoms with Gasteiger partial charge in [-0.1, -0.05) is 23.8 Å². The van der Waals surface area contributed by atoms with Crippen LogP contribution in [0.15, 0.2) is 24.0 Å². The highest BCUT2D eigenvalue weighted by Crippen LogP contribution is 2.47. The van der Waals surface area contributed by atoms with Crippen molar-refractivity contribution in [1.29, 1.82) is 0 Å². The molecule has 0 bridgehead atoms. The van der Waals surface area contributed by atoms with Gasteiger partial charge in [0.15, 0.2) is 5.78 Å². The van der Waals surface area contributed by atoms with Crippen molar-refractivity contribution in [3.8, 4) is 0 Å². The Balaban J connectivity index is 2.05. The molecule has 26 heavy (non-hydrogen) atoms. The van der Waals surface area contributed by atoms with Gasteiger partial charge in [-0.05, 0) is 50.2 Å². The second-order valence-corrected chi connectivity index (χ2v) is 7.29. The highest BCUT2D eigenvalue weighted by molar-refractivity contribution is 6.22. The first-order chi connectivity index (χ1) is 12.4. The van der Waals surface area contributed by atoms with Gasteiger partial charge in [-0.15, -0.1) is 0 Å². The lowest BCUT2D eigenvalue weighted by Crippen LogP contribution is -2.36. The number of hydrogen-bond donors (Lipinski definition) is 0. The second-order valence-electron chi connectivity index (χ2n) is 7.29. The predicted octanol–water partition coefficient (Wildman–Crippen LogP) is 4.35. The van der Waals surface area contributed by atoms with Crippen molar-refractivity contribution in [3.63, 3.8) is 0 Å². The normalized spacial score (nSPS) is 19.6. The molecule has 1 aliphatic carbocycles. The number of hydrogen-bond acceptors (Lipinski definition) is 5. The van der Waals surface area contributed by atoms with Crippen molar-refractivity contribution in [3.05, 3.63) is 40.6 Å². The molecule has 5 nitrogen and oxygen atoms in total. The topological polar surface area (TPSA) is 61.8 Å². The van der Waals surface area contributed by atoms with Crippen LogP contribution in [0.5, 0.6) is 0 Å². The Kier molecular flexibility index (Phi) is 5.47. The minimum atomic E-state index is -0.748. The molecule has 1 aromatic carbocycles. The van der Waals surface area contributed by atoms with Gasteiger partial charge in [-0.25, -0.2) is 4.79 Å². The smallest absolute Gasteiger partial charge is 0.434 e. The van der Waals surface area contributed by atoms with E-state index in [-0.39, 0.29) is 17.8 Å². The van der Waals surface area contributed by atoms with Crippen molar-refractivity contribution in [2.24, 2.45) is 5.41 Å². The zero-order valence-corrected chi connectivity index (χ0v) is 15.7. The summed E-state index contributed by atoms with van der Waals surface area (Å²) < 4.78 is 16.0. The van der Waals surface area contributed by atoms with Crippen LogP contribution in [0.25, 0.3) is 5.57 Å². The number of carbonyl (C=O) groups excluding carboxylic acids is 2. The largest absolute Gasteiger partial charge is 0.513 e. The van der Waals surface area contributed by atoms with Crippen molar-refractivity contribution in [1.82, 2.24) is 0 Å². The molecule has 0 saturated carbocycles. The van der Waals surface area contributed by atoms with Crippen LogP contribution in [0.4, 0.5) is 4.79 Å². The molecule has 0 aromatic heterocycles. The predicted molar refractivity (Wildman–Crippen MR) is 97.7 cm³/mol. The first-order valence-corrected chi connectivity index (χ1v) is 9.20. The highest BCUT2D eigenvalue weighted by Gasteiger charge is 2.43. The van der Waals surface area contributed by atoms with Gasteiger partial charge in [0.2, 0.25) is 0 Å². The van der Waals surface area contributed by atoms with E-state index < -0.39 is 6.16 Å². The summed E-state index contributed by atoms with van der Waals surface area (Å²) in [5, 5.41) is 0. The minimum absolute atomic E-state index is 0.0335. The molecule has 0 atom stereocenters. The first kappa shape index (κ1) is 18.6. The number of ketones is 1. The molecule has 1 heterocycles. The standard InChI is InChI=1S/C21H26O5/c1-4-25-20(23)26-18-13-21(7-9-24-10-8-21)12-17(22)19(18)16-11-14(2)5-6-15(16)3/h5-6,11H,4,7-10,12-13H2,1-3H3. The fourth-order valence-electron chi connectivity index (χ4n) is 3.87. The van der Waals surface area contributed by atoms with E-state index in [1.54, 1.807) is 6.92 Å². The van der Waals surface area contributed by atoms with E-state index >= 15 is 0 Å². The number of benzene rings is 1. The lowest BCUT2D eigenvalue weighted by atomic mass is 9.67.